The summed E-state index contributed by atoms with van der Waals surface area (Å²) in [5, 5.41) is 11.5. The lowest BCUT2D eigenvalue weighted by molar-refractivity contribution is 0.0452. The maximum Gasteiger partial charge on any atom is 0.104 e. The summed E-state index contributed by atoms with van der Waals surface area (Å²) in [5.41, 5.74) is 0.309. The summed E-state index contributed by atoms with van der Waals surface area (Å²) in [6, 6.07) is 8.81. The molecule has 0 aromatic heterocycles. The maximum absolute atomic E-state index is 10.8. The summed E-state index contributed by atoms with van der Waals surface area (Å²) in [6.07, 6.45) is 3.41. The van der Waals surface area contributed by atoms with Gasteiger partial charge in [-0.25, -0.2) is 0 Å². The predicted molar refractivity (Wildman–Crippen MR) is 69.2 cm³/mol. The highest BCUT2D eigenvalue weighted by atomic mass is 35.5. The highest BCUT2D eigenvalue weighted by Gasteiger charge is 2.46. The minimum absolute atomic E-state index is 0.475. The first kappa shape index (κ1) is 11.5. The van der Waals surface area contributed by atoms with Gasteiger partial charge in [0.1, 0.15) is 5.60 Å². The van der Waals surface area contributed by atoms with E-state index in [0.29, 0.717) is 12.1 Å². The van der Waals surface area contributed by atoms with Gasteiger partial charge in [-0.15, -0.1) is 0 Å². The standard InChI is InChI=1S/C14H18ClNO/c1-10-8-14(17,9-16(10)13-6-7-13)11-2-4-12(15)5-3-11/h2-5,10,13,17H,6-9H2,1H3. The van der Waals surface area contributed by atoms with E-state index in [9.17, 15) is 5.11 Å². The maximum atomic E-state index is 10.8. The summed E-state index contributed by atoms with van der Waals surface area (Å²) in [4.78, 5) is 2.45. The van der Waals surface area contributed by atoms with Crippen LogP contribution in [0, 0.1) is 0 Å². The van der Waals surface area contributed by atoms with E-state index in [1.807, 2.05) is 24.3 Å². The van der Waals surface area contributed by atoms with Crippen LogP contribution in [0.5, 0.6) is 0 Å². The molecule has 2 aliphatic rings. The quantitative estimate of drug-likeness (QED) is 0.874. The van der Waals surface area contributed by atoms with E-state index in [0.717, 1.165) is 23.6 Å². The molecular weight excluding hydrogens is 234 g/mol. The molecule has 1 aromatic rings. The monoisotopic (exact) mass is 251 g/mol. The Morgan fingerprint density at radius 1 is 1.29 bits per heavy atom. The molecule has 0 radical (unpaired) electrons. The zero-order valence-corrected chi connectivity index (χ0v) is 10.8. The third-order valence-corrected chi connectivity index (χ3v) is 4.29. The van der Waals surface area contributed by atoms with Crippen LogP contribution in [0.4, 0.5) is 0 Å². The number of nitrogens with zero attached hydrogens (tertiary/aromatic N) is 1. The smallest absolute Gasteiger partial charge is 0.104 e. The van der Waals surface area contributed by atoms with Crippen LogP contribution in [0.1, 0.15) is 31.7 Å². The third kappa shape index (κ3) is 2.10. The van der Waals surface area contributed by atoms with Gasteiger partial charge in [0.15, 0.2) is 0 Å². The Morgan fingerprint density at radius 2 is 1.94 bits per heavy atom. The average Bonchev–Trinajstić information content (AvgIpc) is 3.06. The molecule has 2 atom stereocenters. The molecule has 1 saturated carbocycles. The van der Waals surface area contributed by atoms with Crippen LogP contribution < -0.4 is 0 Å². The van der Waals surface area contributed by atoms with Crippen LogP contribution in [-0.2, 0) is 5.60 Å². The van der Waals surface area contributed by atoms with Crippen molar-refractivity contribution in [1.29, 1.82) is 0 Å². The number of hydrogen-bond donors (Lipinski definition) is 1. The molecule has 1 aromatic carbocycles. The molecule has 1 aliphatic carbocycles. The minimum Gasteiger partial charge on any atom is -0.384 e. The fourth-order valence-electron chi connectivity index (χ4n) is 2.99. The molecule has 0 amide bonds. The van der Waals surface area contributed by atoms with Crippen LogP contribution in [0.15, 0.2) is 24.3 Å². The topological polar surface area (TPSA) is 23.5 Å². The van der Waals surface area contributed by atoms with Gasteiger partial charge in [0.25, 0.3) is 0 Å². The van der Waals surface area contributed by atoms with E-state index in [4.69, 9.17) is 11.6 Å². The molecule has 17 heavy (non-hydrogen) atoms. The van der Waals surface area contributed by atoms with Crippen LogP contribution in [0.2, 0.25) is 5.02 Å². The van der Waals surface area contributed by atoms with Crippen molar-refractivity contribution in [3.8, 4) is 0 Å². The van der Waals surface area contributed by atoms with E-state index in [1.54, 1.807) is 0 Å². The van der Waals surface area contributed by atoms with Crippen molar-refractivity contribution in [2.45, 2.75) is 43.9 Å². The van der Waals surface area contributed by atoms with Gasteiger partial charge in [0, 0.05) is 23.7 Å². The highest BCUT2D eigenvalue weighted by Crippen LogP contribution is 2.41. The Hall–Kier alpha value is -0.570. The van der Waals surface area contributed by atoms with Crippen molar-refractivity contribution in [2.75, 3.05) is 6.54 Å². The van der Waals surface area contributed by atoms with Gasteiger partial charge in [-0.1, -0.05) is 23.7 Å². The molecule has 2 unspecified atom stereocenters. The molecule has 0 spiro atoms. The van der Waals surface area contributed by atoms with Gasteiger partial charge >= 0.3 is 0 Å². The first-order chi connectivity index (χ1) is 8.08. The summed E-state index contributed by atoms with van der Waals surface area (Å²) >= 11 is 5.89. The summed E-state index contributed by atoms with van der Waals surface area (Å²) in [5.74, 6) is 0. The fraction of sp³-hybridized carbons (Fsp3) is 0.571. The lowest BCUT2D eigenvalue weighted by Crippen LogP contribution is -2.33. The lowest BCUT2D eigenvalue weighted by atomic mass is 9.91. The zero-order valence-electron chi connectivity index (χ0n) is 10.1. The number of halogens is 1. The van der Waals surface area contributed by atoms with Gasteiger partial charge in [-0.05, 0) is 43.9 Å². The minimum atomic E-state index is -0.688. The van der Waals surface area contributed by atoms with E-state index in [2.05, 4.69) is 11.8 Å². The van der Waals surface area contributed by atoms with Gasteiger partial charge in [0.05, 0.1) is 0 Å². The number of likely N-dealkylation sites (tertiary alicyclic amines) is 1. The summed E-state index contributed by atoms with van der Waals surface area (Å²) in [7, 11) is 0. The van der Waals surface area contributed by atoms with Gasteiger partial charge in [-0.3, -0.25) is 4.90 Å². The molecule has 3 rings (SSSR count). The Kier molecular flexibility index (Phi) is 2.69. The number of β-amino-alcohol motifs (C(OH)–C–C–N with tert-alkyl or cyclic N) is 1. The van der Waals surface area contributed by atoms with Gasteiger partial charge in [0.2, 0.25) is 0 Å². The molecular formula is C14H18ClNO. The summed E-state index contributed by atoms with van der Waals surface area (Å²) in [6.45, 7) is 2.98. The lowest BCUT2D eigenvalue weighted by Gasteiger charge is -2.24. The van der Waals surface area contributed by atoms with E-state index in [1.165, 1.54) is 12.8 Å². The zero-order chi connectivity index (χ0) is 12.0. The van der Waals surface area contributed by atoms with Crippen LogP contribution >= 0.6 is 11.6 Å². The predicted octanol–water partition coefficient (Wildman–Crippen LogP) is 2.78. The number of benzene rings is 1. The van der Waals surface area contributed by atoms with Crippen molar-refractivity contribution in [2.24, 2.45) is 0 Å². The largest absolute Gasteiger partial charge is 0.384 e. The number of aliphatic hydroxyl groups is 1. The highest BCUT2D eigenvalue weighted by molar-refractivity contribution is 6.30. The van der Waals surface area contributed by atoms with Crippen molar-refractivity contribution in [3.63, 3.8) is 0 Å². The Bertz CT molecular complexity index is 415. The van der Waals surface area contributed by atoms with E-state index >= 15 is 0 Å². The second-order valence-corrected chi connectivity index (χ2v) is 5.93. The first-order valence-electron chi connectivity index (χ1n) is 6.33. The molecule has 2 nitrogen and oxygen atoms in total. The Labute approximate surface area is 107 Å². The molecule has 1 aliphatic heterocycles. The molecule has 1 N–H and O–H groups in total. The molecule has 0 bridgehead atoms. The van der Waals surface area contributed by atoms with Gasteiger partial charge < -0.3 is 5.11 Å². The SMILES string of the molecule is CC1CC(O)(c2ccc(Cl)cc2)CN1C1CC1. The van der Waals surface area contributed by atoms with Crippen molar-refractivity contribution in [1.82, 2.24) is 4.90 Å². The average molecular weight is 252 g/mol. The van der Waals surface area contributed by atoms with Crippen LogP contribution in [-0.4, -0.2) is 28.6 Å². The molecule has 92 valence electrons. The second kappa shape index (κ2) is 3.98. The van der Waals surface area contributed by atoms with Crippen LogP contribution in [0.3, 0.4) is 0 Å². The van der Waals surface area contributed by atoms with Gasteiger partial charge in [-0.2, -0.15) is 0 Å². The van der Waals surface area contributed by atoms with E-state index < -0.39 is 5.60 Å². The molecule has 3 heteroatoms. The fourth-order valence-corrected chi connectivity index (χ4v) is 3.12. The Balaban J connectivity index is 1.84. The van der Waals surface area contributed by atoms with Crippen molar-refractivity contribution < 1.29 is 5.11 Å². The number of hydrogen-bond acceptors (Lipinski definition) is 2. The van der Waals surface area contributed by atoms with Crippen molar-refractivity contribution in [3.05, 3.63) is 34.9 Å². The normalized spacial score (nSPS) is 34.2. The first-order valence-corrected chi connectivity index (χ1v) is 6.70. The molecule has 1 saturated heterocycles. The van der Waals surface area contributed by atoms with E-state index in [-0.39, 0.29) is 0 Å². The molecule has 1 heterocycles. The van der Waals surface area contributed by atoms with Crippen molar-refractivity contribution >= 4 is 11.6 Å². The summed E-state index contributed by atoms with van der Waals surface area (Å²) < 4.78 is 0. The number of rotatable bonds is 2. The second-order valence-electron chi connectivity index (χ2n) is 5.50. The molecule has 2 fully saturated rings. The third-order valence-electron chi connectivity index (χ3n) is 4.04. The van der Waals surface area contributed by atoms with Crippen LogP contribution in [0.25, 0.3) is 0 Å². The Morgan fingerprint density at radius 3 is 2.53 bits per heavy atom.